The average molecular weight is 484 g/mol. The summed E-state index contributed by atoms with van der Waals surface area (Å²) in [6, 6.07) is 8.38. The Balaban J connectivity index is 2.35. The highest BCUT2D eigenvalue weighted by atomic mass is 32.2. The molecule has 0 saturated carbocycles. The van der Waals surface area contributed by atoms with Crippen molar-refractivity contribution in [3.63, 3.8) is 0 Å². The molecule has 0 amide bonds. The second-order valence-corrected chi connectivity index (χ2v) is 11.0. The highest BCUT2D eigenvalue weighted by Crippen LogP contribution is 2.42. The van der Waals surface area contributed by atoms with Crippen LogP contribution < -0.4 is 0 Å². The second-order valence-electron chi connectivity index (χ2n) is 6.66. The summed E-state index contributed by atoms with van der Waals surface area (Å²) >= 11 is 0. The first-order valence-electron chi connectivity index (χ1n) is 8.36. The van der Waals surface area contributed by atoms with Gasteiger partial charge in [0.2, 0.25) is 0 Å². The molecule has 31 heavy (non-hydrogen) atoms. The molecule has 0 aromatic heterocycles. The van der Waals surface area contributed by atoms with Crippen LogP contribution in [0.3, 0.4) is 0 Å². The predicted molar refractivity (Wildman–Crippen MR) is 109 cm³/mol. The van der Waals surface area contributed by atoms with E-state index in [2.05, 4.69) is 4.18 Å². The molecule has 4 aromatic rings. The van der Waals surface area contributed by atoms with Gasteiger partial charge in [-0.15, -0.1) is 0 Å². The third-order valence-corrected chi connectivity index (χ3v) is 7.85. The monoisotopic (exact) mass is 484 g/mol. The molecule has 0 unspecified atom stereocenters. The van der Waals surface area contributed by atoms with Gasteiger partial charge in [0.1, 0.15) is 14.7 Å². The fourth-order valence-corrected chi connectivity index (χ4v) is 6.23. The van der Waals surface area contributed by atoms with Gasteiger partial charge < -0.3 is 4.18 Å². The van der Waals surface area contributed by atoms with E-state index in [1.807, 2.05) is 0 Å². The summed E-state index contributed by atoms with van der Waals surface area (Å²) in [6.45, 7) is 0.843. The normalized spacial score (nSPS) is 13.3. The van der Waals surface area contributed by atoms with E-state index in [0.29, 0.717) is 11.5 Å². The summed E-state index contributed by atoms with van der Waals surface area (Å²) in [5, 5.41) is 0.362. The highest BCUT2D eigenvalue weighted by Gasteiger charge is 2.29. The summed E-state index contributed by atoms with van der Waals surface area (Å²) in [5.41, 5.74) is 0. The molecule has 0 saturated heterocycles. The van der Waals surface area contributed by atoms with Gasteiger partial charge in [0, 0.05) is 28.5 Å². The van der Waals surface area contributed by atoms with Gasteiger partial charge >= 0.3 is 16.1 Å². The van der Waals surface area contributed by atoms with Crippen molar-refractivity contribution >= 4 is 68.6 Å². The minimum Gasteiger partial charge on any atom is -0.343 e. The minimum absolute atomic E-state index is 0.00132. The number of hydrogen-bond donors (Lipinski definition) is 2. The molecule has 4 rings (SSSR count). The van der Waals surface area contributed by atoms with Crippen LogP contribution in [0, 0.1) is 0 Å². The maximum absolute atomic E-state index is 12.6. The quantitative estimate of drug-likeness (QED) is 0.249. The van der Waals surface area contributed by atoms with Crippen LogP contribution in [-0.4, -0.2) is 40.3 Å². The first-order valence-corrected chi connectivity index (χ1v) is 12.7. The van der Waals surface area contributed by atoms with Crippen LogP contribution in [0.2, 0.25) is 0 Å². The topological polar surface area (TPSA) is 169 Å². The van der Waals surface area contributed by atoms with Gasteiger partial charge in [-0.2, -0.15) is 25.3 Å². The number of carbonyl (C=O) groups excluding carboxylic acids is 1. The Kier molecular flexibility index (Phi) is 4.54. The van der Waals surface area contributed by atoms with E-state index in [9.17, 15) is 39.2 Å². The van der Waals surface area contributed by atoms with Crippen molar-refractivity contribution < 1.29 is 43.3 Å². The van der Waals surface area contributed by atoms with Crippen LogP contribution in [0.1, 0.15) is 6.92 Å². The first-order chi connectivity index (χ1) is 14.2. The van der Waals surface area contributed by atoms with Gasteiger partial charge in [-0.05, 0) is 22.9 Å². The van der Waals surface area contributed by atoms with Gasteiger partial charge in [-0.3, -0.25) is 13.9 Å². The molecular formula is C18H12O10S3. The summed E-state index contributed by atoms with van der Waals surface area (Å²) in [7, 11) is -14.4. The van der Waals surface area contributed by atoms with Gasteiger partial charge in [-0.1, -0.05) is 30.3 Å². The van der Waals surface area contributed by atoms with Gasteiger partial charge in [0.25, 0.3) is 20.2 Å². The zero-order valence-electron chi connectivity index (χ0n) is 15.4. The summed E-state index contributed by atoms with van der Waals surface area (Å²) in [6.07, 6.45) is 0. The summed E-state index contributed by atoms with van der Waals surface area (Å²) in [4.78, 5) is 9.31. The lowest BCUT2D eigenvalue weighted by Gasteiger charge is -2.17. The van der Waals surface area contributed by atoms with Crippen molar-refractivity contribution in [3.8, 4) is 0 Å². The Bertz CT molecular complexity index is 1730. The summed E-state index contributed by atoms with van der Waals surface area (Å²) in [5.74, 6) is -1.17. The smallest absolute Gasteiger partial charge is 0.342 e. The number of benzene rings is 4. The number of carbonyl (C=O) groups is 1. The SMILES string of the molecule is CC(=O)OS(=O)(=O)c1cc(S(=O)(=O)O)c2ccc3c(S(=O)(=O)O)ccc4ccc1c2c43. The van der Waals surface area contributed by atoms with Crippen LogP contribution in [0.4, 0.5) is 0 Å². The highest BCUT2D eigenvalue weighted by molar-refractivity contribution is 7.88. The van der Waals surface area contributed by atoms with E-state index in [1.54, 1.807) is 0 Å². The zero-order chi connectivity index (χ0) is 22.9. The maximum atomic E-state index is 12.6. The first kappa shape index (κ1) is 21.4. The van der Waals surface area contributed by atoms with Gasteiger partial charge in [0.15, 0.2) is 0 Å². The molecule has 0 bridgehead atoms. The van der Waals surface area contributed by atoms with Crippen molar-refractivity contribution in [2.24, 2.45) is 0 Å². The Hall–Kier alpha value is -2.84. The molecule has 162 valence electrons. The maximum Gasteiger partial charge on any atom is 0.342 e. The van der Waals surface area contributed by atoms with Crippen molar-refractivity contribution in [1.29, 1.82) is 0 Å². The standard InChI is InChI=1S/C18H12O10S3/c1-9(19)28-31(26,27)16-8-15(30(23,24)25)12-6-5-11-14(29(20,21)22)7-3-10-2-4-13(16)18(12)17(10)11/h2-8H,1H3,(H,20,21,22)(H,23,24,25). The molecule has 0 radical (unpaired) electrons. The Morgan fingerprint density at radius 2 is 1.19 bits per heavy atom. The van der Waals surface area contributed by atoms with Gasteiger partial charge in [0.05, 0.1) is 0 Å². The fraction of sp³-hybridized carbons (Fsp3) is 0.0556. The molecule has 0 aliphatic carbocycles. The van der Waals surface area contributed by atoms with Crippen molar-refractivity contribution in [1.82, 2.24) is 0 Å². The van der Waals surface area contributed by atoms with Crippen molar-refractivity contribution in [2.45, 2.75) is 21.6 Å². The van der Waals surface area contributed by atoms with Crippen LogP contribution in [-0.2, 0) is 39.3 Å². The van der Waals surface area contributed by atoms with E-state index in [4.69, 9.17) is 0 Å². The molecule has 0 heterocycles. The largest absolute Gasteiger partial charge is 0.343 e. The Labute approximate surface area is 176 Å². The lowest BCUT2D eigenvalue weighted by Crippen LogP contribution is -2.12. The van der Waals surface area contributed by atoms with E-state index >= 15 is 0 Å². The predicted octanol–water partition coefficient (Wildman–Crippen LogP) is 2.33. The van der Waals surface area contributed by atoms with E-state index in [-0.39, 0.29) is 26.9 Å². The lowest BCUT2D eigenvalue weighted by atomic mass is 9.94. The molecule has 10 nitrogen and oxygen atoms in total. The lowest BCUT2D eigenvalue weighted by molar-refractivity contribution is -0.131. The molecule has 2 N–H and O–H groups in total. The van der Waals surface area contributed by atoms with Crippen LogP contribution >= 0.6 is 0 Å². The van der Waals surface area contributed by atoms with E-state index in [0.717, 1.165) is 13.0 Å². The third-order valence-electron chi connectivity index (χ3n) is 4.72. The zero-order valence-corrected chi connectivity index (χ0v) is 17.9. The molecule has 0 aliphatic heterocycles. The van der Waals surface area contributed by atoms with Gasteiger partial charge in [-0.25, -0.2) is 0 Å². The molecule has 0 aliphatic rings. The second kappa shape index (κ2) is 6.58. The minimum atomic E-state index is -4.95. The molecule has 4 aromatic carbocycles. The molecule has 13 heteroatoms. The van der Waals surface area contributed by atoms with E-state index in [1.165, 1.54) is 30.3 Å². The van der Waals surface area contributed by atoms with E-state index < -0.39 is 51.0 Å². The molecule has 0 spiro atoms. The van der Waals surface area contributed by atoms with Crippen LogP contribution in [0.15, 0.2) is 57.2 Å². The number of hydrogen-bond acceptors (Lipinski definition) is 8. The average Bonchev–Trinajstić information content (AvgIpc) is 2.62. The fourth-order valence-electron chi connectivity index (χ4n) is 3.65. The van der Waals surface area contributed by atoms with Crippen LogP contribution in [0.25, 0.3) is 32.3 Å². The van der Waals surface area contributed by atoms with Crippen molar-refractivity contribution in [2.75, 3.05) is 0 Å². The molecular weight excluding hydrogens is 472 g/mol. The Morgan fingerprint density at radius 3 is 1.74 bits per heavy atom. The summed E-state index contributed by atoms with van der Waals surface area (Å²) < 4.78 is 96.6. The van der Waals surface area contributed by atoms with Crippen molar-refractivity contribution in [3.05, 3.63) is 42.5 Å². The number of rotatable bonds is 4. The third kappa shape index (κ3) is 3.40. The van der Waals surface area contributed by atoms with Crippen LogP contribution in [0.5, 0.6) is 0 Å². The molecule has 0 atom stereocenters. The Morgan fingerprint density at radius 1 is 0.710 bits per heavy atom. The molecule has 0 fully saturated rings.